The normalized spacial score (nSPS) is 17.9. The molecule has 3 heterocycles. The number of carbonyl (C=O) groups is 1. The molecule has 1 amide bonds. The lowest BCUT2D eigenvalue weighted by Crippen LogP contribution is -2.50. The summed E-state index contributed by atoms with van der Waals surface area (Å²) >= 11 is 6.52. The number of ether oxygens (including phenoxy) is 1. The highest BCUT2D eigenvalue weighted by Gasteiger charge is 2.26. The molecule has 2 aliphatic heterocycles. The van der Waals surface area contributed by atoms with Crippen molar-refractivity contribution in [1.29, 1.82) is 0 Å². The molecule has 0 unspecified atom stereocenters. The van der Waals surface area contributed by atoms with Gasteiger partial charge in [0.15, 0.2) is 0 Å². The standard InChI is InChI=1S/C20H25ClN4O5/c21-16-3-1-2-15(19(16)23-10-12-29-13-11-23)14-22-6-8-24(9-7-22)20(28)30-25-17(26)4-5-18(25)27/h1-5,26-27H,6-14H2. The summed E-state index contributed by atoms with van der Waals surface area (Å²) in [5.41, 5.74) is 2.21. The highest BCUT2D eigenvalue weighted by atomic mass is 35.5. The quantitative estimate of drug-likeness (QED) is 0.754. The maximum atomic E-state index is 12.3. The second kappa shape index (κ2) is 9.03. The van der Waals surface area contributed by atoms with Crippen LogP contribution in [0.5, 0.6) is 11.8 Å². The average Bonchev–Trinajstić information content (AvgIpc) is 3.07. The smallest absolute Gasteiger partial charge is 0.434 e. The lowest BCUT2D eigenvalue weighted by atomic mass is 10.1. The van der Waals surface area contributed by atoms with E-state index in [2.05, 4.69) is 15.9 Å². The molecule has 162 valence electrons. The number of rotatable bonds is 4. The molecule has 0 aliphatic carbocycles. The van der Waals surface area contributed by atoms with E-state index in [-0.39, 0.29) is 11.8 Å². The first-order valence-electron chi connectivity index (χ1n) is 9.92. The number of aromatic nitrogens is 1. The summed E-state index contributed by atoms with van der Waals surface area (Å²) in [5.74, 6) is -0.674. The van der Waals surface area contributed by atoms with Crippen molar-refractivity contribution in [3.05, 3.63) is 40.9 Å². The highest BCUT2D eigenvalue weighted by Crippen LogP contribution is 2.31. The number of para-hydroxylation sites is 1. The minimum Gasteiger partial charge on any atom is -0.492 e. The maximum Gasteiger partial charge on any atom is 0.434 e. The molecule has 9 nitrogen and oxygen atoms in total. The number of morpholine rings is 1. The summed E-state index contributed by atoms with van der Waals surface area (Å²) in [5, 5.41) is 20.0. The van der Waals surface area contributed by atoms with Crippen LogP contribution in [0.3, 0.4) is 0 Å². The van der Waals surface area contributed by atoms with Gasteiger partial charge in [0, 0.05) is 57.9 Å². The molecule has 1 aromatic heterocycles. The van der Waals surface area contributed by atoms with Gasteiger partial charge >= 0.3 is 6.09 Å². The van der Waals surface area contributed by atoms with Crippen LogP contribution in [-0.2, 0) is 11.3 Å². The van der Waals surface area contributed by atoms with Gasteiger partial charge in [0.1, 0.15) is 0 Å². The number of piperazine rings is 1. The predicted molar refractivity (Wildman–Crippen MR) is 111 cm³/mol. The third-order valence-electron chi connectivity index (χ3n) is 5.39. The zero-order valence-corrected chi connectivity index (χ0v) is 17.3. The van der Waals surface area contributed by atoms with Crippen LogP contribution in [0.2, 0.25) is 5.02 Å². The van der Waals surface area contributed by atoms with Crippen LogP contribution in [0, 0.1) is 0 Å². The molecule has 0 bridgehead atoms. The molecule has 2 aliphatic rings. The van der Waals surface area contributed by atoms with Crippen molar-refractivity contribution in [3.63, 3.8) is 0 Å². The van der Waals surface area contributed by atoms with Gasteiger partial charge in [0.05, 0.1) is 23.9 Å². The van der Waals surface area contributed by atoms with Gasteiger partial charge in [0.2, 0.25) is 11.8 Å². The summed E-state index contributed by atoms with van der Waals surface area (Å²) < 4.78 is 6.16. The van der Waals surface area contributed by atoms with Gasteiger partial charge in [-0.3, -0.25) is 4.90 Å². The number of aromatic hydroxyl groups is 2. The van der Waals surface area contributed by atoms with E-state index < -0.39 is 6.09 Å². The molecule has 2 fully saturated rings. The van der Waals surface area contributed by atoms with E-state index in [9.17, 15) is 15.0 Å². The Morgan fingerprint density at radius 1 is 1.00 bits per heavy atom. The Kier molecular flexibility index (Phi) is 6.21. The van der Waals surface area contributed by atoms with E-state index in [1.54, 1.807) is 4.90 Å². The van der Waals surface area contributed by atoms with Crippen molar-refractivity contribution in [3.8, 4) is 11.8 Å². The van der Waals surface area contributed by atoms with Gasteiger partial charge in [-0.2, -0.15) is 0 Å². The molecule has 10 heteroatoms. The molecule has 0 atom stereocenters. The summed E-state index contributed by atoms with van der Waals surface area (Å²) in [6.45, 7) is 6.06. The Hall–Kier alpha value is -2.62. The minimum atomic E-state index is -0.617. The lowest BCUT2D eigenvalue weighted by molar-refractivity contribution is 0.0555. The number of carbonyl (C=O) groups excluding carboxylic acids is 1. The molecule has 2 N–H and O–H groups in total. The summed E-state index contributed by atoms with van der Waals surface area (Å²) in [6, 6.07) is 8.46. The van der Waals surface area contributed by atoms with E-state index >= 15 is 0 Å². The van der Waals surface area contributed by atoms with Crippen LogP contribution < -0.4 is 9.74 Å². The number of anilines is 1. The molecule has 0 spiro atoms. The first-order chi connectivity index (χ1) is 14.5. The molecular formula is C20H25ClN4O5. The van der Waals surface area contributed by atoms with Crippen molar-refractivity contribution in [1.82, 2.24) is 14.5 Å². The largest absolute Gasteiger partial charge is 0.492 e. The number of hydrogen-bond acceptors (Lipinski definition) is 7. The van der Waals surface area contributed by atoms with Crippen molar-refractivity contribution >= 4 is 23.4 Å². The monoisotopic (exact) mass is 436 g/mol. The first kappa shape index (κ1) is 20.6. The Bertz CT molecular complexity index is 872. The van der Waals surface area contributed by atoms with Crippen molar-refractivity contribution in [2.24, 2.45) is 0 Å². The van der Waals surface area contributed by atoms with Gasteiger partial charge in [-0.15, -0.1) is 4.73 Å². The van der Waals surface area contributed by atoms with E-state index in [1.807, 2.05) is 12.1 Å². The fraction of sp³-hybridized carbons (Fsp3) is 0.450. The van der Waals surface area contributed by atoms with Crippen LogP contribution in [0.15, 0.2) is 30.3 Å². The fourth-order valence-electron chi connectivity index (χ4n) is 3.79. The van der Waals surface area contributed by atoms with Crippen LogP contribution in [0.4, 0.5) is 10.5 Å². The third kappa shape index (κ3) is 4.43. The minimum absolute atomic E-state index is 0.337. The molecule has 0 radical (unpaired) electrons. The number of benzene rings is 1. The number of hydrogen-bond donors (Lipinski definition) is 2. The SMILES string of the molecule is O=C(On1c(O)ccc1O)N1CCN(Cc2cccc(Cl)c2N2CCOCC2)CC1. The molecular weight excluding hydrogens is 412 g/mol. The van der Waals surface area contributed by atoms with Gasteiger partial charge in [-0.1, -0.05) is 23.7 Å². The molecule has 4 rings (SSSR count). The van der Waals surface area contributed by atoms with Crippen molar-refractivity contribution in [2.75, 3.05) is 57.4 Å². The van der Waals surface area contributed by atoms with E-state index in [4.69, 9.17) is 21.2 Å². The molecule has 1 aromatic carbocycles. The summed E-state index contributed by atoms with van der Waals surface area (Å²) in [4.78, 5) is 23.5. The number of amides is 1. The van der Waals surface area contributed by atoms with Crippen LogP contribution in [0.25, 0.3) is 0 Å². The van der Waals surface area contributed by atoms with Crippen LogP contribution in [0.1, 0.15) is 5.56 Å². The second-order valence-electron chi connectivity index (χ2n) is 7.31. The zero-order chi connectivity index (χ0) is 21.1. The van der Waals surface area contributed by atoms with E-state index in [1.165, 1.54) is 12.1 Å². The lowest BCUT2D eigenvalue weighted by Gasteiger charge is -2.36. The topological polar surface area (TPSA) is 90.6 Å². The van der Waals surface area contributed by atoms with Crippen LogP contribution in [-0.4, -0.2) is 83.3 Å². The molecule has 2 saturated heterocycles. The maximum absolute atomic E-state index is 12.3. The molecule has 30 heavy (non-hydrogen) atoms. The van der Waals surface area contributed by atoms with Crippen molar-refractivity contribution in [2.45, 2.75) is 6.54 Å². The Morgan fingerprint density at radius 3 is 2.33 bits per heavy atom. The van der Waals surface area contributed by atoms with Gasteiger partial charge in [0.25, 0.3) is 0 Å². The third-order valence-corrected chi connectivity index (χ3v) is 5.69. The average molecular weight is 437 g/mol. The first-order valence-corrected chi connectivity index (χ1v) is 10.3. The molecule has 0 saturated carbocycles. The van der Waals surface area contributed by atoms with E-state index in [0.29, 0.717) is 44.1 Å². The van der Waals surface area contributed by atoms with Gasteiger partial charge < -0.3 is 29.6 Å². The second-order valence-corrected chi connectivity index (χ2v) is 7.72. The number of halogens is 1. The van der Waals surface area contributed by atoms with E-state index in [0.717, 1.165) is 35.9 Å². The Morgan fingerprint density at radius 2 is 1.67 bits per heavy atom. The van der Waals surface area contributed by atoms with Crippen molar-refractivity contribution < 1.29 is 24.6 Å². The number of nitrogens with zero attached hydrogens (tertiary/aromatic N) is 4. The summed E-state index contributed by atoms with van der Waals surface area (Å²) in [7, 11) is 0. The van der Waals surface area contributed by atoms with Gasteiger partial charge in [-0.05, 0) is 11.6 Å². The summed E-state index contributed by atoms with van der Waals surface area (Å²) in [6.07, 6.45) is -0.617. The Balaban J connectivity index is 1.36. The zero-order valence-electron chi connectivity index (χ0n) is 16.5. The van der Waals surface area contributed by atoms with Crippen LogP contribution >= 0.6 is 11.6 Å². The van der Waals surface area contributed by atoms with Gasteiger partial charge in [-0.25, -0.2) is 4.79 Å². The Labute approximate surface area is 179 Å². The molecule has 2 aromatic rings. The fourth-order valence-corrected chi connectivity index (χ4v) is 4.10. The highest BCUT2D eigenvalue weighted by molar-refractivity contribution is 6.33. The predicted octanol–water partition coefficient (Wildman–Crippen LogP) is 1.76.